The molecule has 1 aliphatic rings. The average Bonchev–Trinajstić information content (AvgIpc) is 2.41. The summed E-state index contributed by atoms with van der Waals surface area (Å²) < 4.78 is 13.2. The van der Waals surface area contributed by atoms with Crippen molar-refractivity contribution in [2.75, 3.05) is 0 Å². The van der Waals surface area contributed by atoms with Crippen LogP contribution in [-0.4, -0.2) is 21.3 Å². The summed E-state index contributed by atoms with van der Waals surface area (Å²) in [7, 11) is 0. The van der Waals surface area contributed by atoms with Gasteiger partial charge in [-0.1, -0.05) is 24.4 Å². The van der Waals surface area contributed by atoms with Gasteiger partial charge in [0.2, 0.25) is 5.95 Å². The van der Waals surface area contributed by atoms with E-state index in [4.69, 9.17) is 4.84 Å². The second kappa shape index (κ2) is 6.50. The van der Waals surface area contributed by atoms with E-state index in [0.29, 0.717) is 17.3 Å². The molecule has 0 aliphatic heterocycles. The van der Waals surface area contributed by atoms with Crippen LogP contribution in [0.1, 0.15) is 64.3 Å². The lowest BCUT2D eigenvalue weighted by Gasteiger charge is -2.25. The van der Waals surface area contributed by atoms with Crippen LogP contribution in [0.5, 0.6) is 0 Å². The third kappa shape index (κ3) is 4.48. The topological polar surface area (TPSA) is 47.4 Å². The summed E-state index contributed by atoms with van der Waals surface area (Å²) in [6.45, 7) is 7.63. The predicted molar refractivity (Wildman–Crippen MR) is 80.7 cm³/mol. The Labute approximate surface area is 125 Å². The van der Waals surface area contributed by atoms with Gasteiger partial charge in [-0.3, -0.25) is 0 Å². The molecule has 0 amide bonds. The van der Waals surface area contributed by atoms with Crippen molar-refractivity contribution in [1.29, 1.82) is 0 Å². The Morgan fingerprint density at radius 1 is 1.29 bits per heavy atom. The fourth-order valence-electron chi connectivity index (χ4n) is 2.58. The van der Waals surface area contributed by atoms with Gasteiger partial charge < -0.3 is 4.84 Å². The first-order valence-electron chi connectivity index (χ1n) is 7.62. The van der Waals surface area contributed by atoms with Crippen molar-refractivity contribution in [1.82, 2.24) is 9.97 Å². The molecule has 1 saturated carbocycles. The lowest BCUT2D eigenvalue weighted by molar-refractivity contribution is -0.0000589. The predicted octanol–water partition coefficient (Wildman–Crippen LogP) is 4.02. The van der Waals surface area contributed by atoms with Gasteiger partial charge in [0.05, 0.1) is 11.9 Å². The van der Waals surface area contributed by atoms with Gasteiger partial charge in [0.1, 0.15) is 17.0 Å². The molecule has 0 bridgehead atoms. The molecule has 4 nitrogen and oxygen atoms in total. The van der Waals surface area contributed by atoms with Crippen LogP contribution < -0.4 is 0 Å². The molecule has 1 aromatic heterocycles. The number of hydrogen-bond acceptors (Lipinski definition) is 4. The maximum atomic E-state index is 13.2. The molecule has 1 aliphatic carbocycles. The van der Waals surface area contributed by atoms with Crippen LogP contribution in [0.3, 0.4) is 0 Å². The standard InChI is InChI=1S/C16H24FN3O/c1-11-14(18-10-13(17)19-11)15(20-21-16(2,3)4)12-8-6-5-7-9-12/h10,12H,5-9H2,1-4H3/b20-15-. The minimum Gasteiger partial charge on any atom is -0.390 e. The fraction of sp³-hybridized carbons (Fsp3) is 0.688. The number of aryl methyl sites for hydroxylation is 1. The second-order valence-electron chi connectivity index (χ2n) is 6.64. The number of hydrogen-bond donors (Lipinski definition) is 0. The molecule has 0 unspecified atom stereocenters. The molecule has 0 radical (unpaired) electrons. The lowest BCUT2D eigenvalue weighted by atomic mass is 9.84. The van der Waals surface area contributed by atoms with Gasteiger partial charge in [-0.05, 0) is 40.5 Å². The zero-order valence-corrected chi connectivity index (χ0v) is 13.3. The molecule has 1 heterocycles. The Bertz CT molecular complexity index is 517. The van der Waals surface area contributed by atoms with Crippen molar-refractivity contribution in [2.45, 2.75) is 65.4 Å². The molecule has 21 heavy (non-hydrogen) atoms. The number of aromatic nitrogens is 2. The first-order chi connectivity index (χ1) is 9.87. The third-order valence-electron chi connectivity index (χ3n) is 3.57. The molecule has 1 aromatic rings. The van der Waals surface area contributed by atoms with Crippen LogP contribution in [0.4, 0.5) is 4.39 Å². The molecule has 5 heteroatoms. The first-order valence-corrected chi connectivity index (χ1v) is 7.62. The Balaban J connectivity index is 2.34. The van der Waals surface area contributed by atoms with E-state index in [1.54, 1.807) is 6.92 Å². The second-order valence-corrected chi connectivity index (χ2v) is 6.64. The quantitative estimate of drug-likeness (QED) is 0.624. The van der Waals surface area contributed by atoms with E-state index in [-0.39, 0.29) is 5.60 Å². The summed E-state index contributed by atoms with van der Waals surface area (Å²) in [6, 6.07) is 0. The molecular weight excluding hydrogens is 269 g/mol. The molecule has 1 fully saturated rings. The molecule has 0 N–H and O–H groups in total. The Hall–Kier alpha value is -1.52. The van der Waals surface area contributed by atoms with Crippen molar-refractivity contribution in [3.05, 3.63) is 23.5 Å². The van der Waals surface area contributed by atoms with Gasteiger partial charge in [0.15, 0.2) is 0 Å². The monoisotopic (exact) mass is 293 g/mol. The van der Waals surface area contributed by atoms with Crippen molar-refractivity contribution in [3.8, 4) is 0 Å². The molecule has 0 atom stereocenters. The zero-order chi connectivity index (χ0) is 15.5. The van der Waals surface area contributed by atoms with Crippen molar-refractivity contribution in [2.24, 2.45) is 11.1 Å². The Morgan fingerprint density at radius 2 is 1.95 bits per heavy atom. The van der Waals surface area contributed by atoms with Crippen LogP contribution in [0.25, 0.3) is 0 Å². The SMILES string of the molecule is Cc1nc(F)cnc1/C(=N\OC(C)(C)C)C1CCCCC1. The summed E-state index contributed by atoms with van der Waals surface area (Å²) in [6.07, 6.45) is 6.94. The van der Waals surface area contributed by atoms with Gasteiger partial charge in [0, 0.05) is 5.92 Å². The van der Waals surface area contributed by atoms with E-state index < -0.39 is 5.95 Å². The van der Waals surface area contributed by atoms with E-state index in [1.165, 1.54) is 19.3 Å². The summed E-state index contributed by atoms with van der Waals surface area (Å²) in [4.78, 5) is 13.7. The Kier molecular flexibility index (Phi) is 4.91. The normalized spacial score (nSPS) is 17.9. The number of rotatable bonds is 3. The van der Waals surface area contributed by atoms with Crippen molar-refractivity contribution < 1.29 is 9.23 Å². The largest absolute Gasteiger partial charge is 0.390 e. The molecule has 2 rings (SSSR count). The summed E-state index contributed by atoms with van der Waals surface area (Å²) >= 11 is 0. The zero-order valence-electron chi connectivity index (χ0n) is 13.3. The first kappa shape index (κ1) is 15.9. The summed E-state index contributed by atoms with van der Waals surface area (Å²) in [5.41, 5.74) is 1.68. The van der Waals surface area contributed by atoms with Crippen LogP contribution in [-0.2, 0) is 4.84 Å². The maximum absolute atomic E-state index is 13.2. The highest BCUT2D eigenvalue weighted by Crippen LogP contribution is 2.28. The Morgan fingerprint density at radius 3 is 2.52 bits per heavy atom. The van der Waals surface area contributed by atoms with E-state index in [9.17, 15) is 4.39 Å². The van der Waals surface area contributed by atoms with Crippen LogP contribution in [0.15, 0.2) is 11.4 Å². The van der Waals surface area contributed by atoms with Gasteiger partial charge in [-0.25, -0.2) is 9.97 Å². The highest BCUT2D eigenvalue weighted by atomic mass is 19.1. The van der Waals surface area contributed by atoms with Gasteiger partial charge in [-0.15, -0.1) is 0 Å². The van der Waals surface area contributed by atoms with Crippen LogP contribution in [0, 0.1) is 18.8 Å². The average molecular weight is 293 g/mol. The van der Waals surface area contributed by atoms with E-state index >= 15 is 0 Å². The fourth-order valence-corrected chi connectivity index (χ4v) is 2.58. The molecule has 0 saturated heterocycles. The van der Waals surface area contributed by atoms with Crippen molar-refractivity contribution >= 4 is 5.71 Å². The smallest absolute Gasteiger partial charge is 0.231 e. The van der Waals surface area contributed by atoms with Crippen LogP contribution >= 0.6 is 0 Å². The van der Waals surface area contributed by atoms with E-state index in [0.717, 1.165) is 24.8 Å². The molecule has 116 valence electrons. The van der Waals surface area contributed by atoms with Gasteiger partial charge >= 0.3 is 0 Å². The van der Waals surface area contributed by atoms with Gasteiger partial charge in [0.25, 0.3) is 0 Å². The highest BCUT2D eigenvalue weighted by molar-refractivity contribution is 6.01. The summed E-state index contributed by atoms with van der Waals surface area (Å²) in [5, 5.41) is 4.37. The van der Waals surface area contributed by atoms with Crippen LogP contribution in [0.2, 0.25) is 0 Å². The lowest BCUT2D eigenvalue weighted by Crippen LogP contribution is -2.24. The highest BCUT2D eigenvalue weighted by Gasteiger charge is 2.25. The molecule has 0 aromatic carbocycles. The third-order valence-corrected chi connectivity index (χ3v) is 3.57. The summed E-state index contributed by atoms with van der Waals surface area (Å²) in [5.74, 6) is -0.240. The van der Waals surface area contributed by atoms with Gasteiger partial charge in [-0.2, -0.15) is 4.39 Å². The molecule has 0 spiro atoms. The number of nitrogens with zero attached hydrogens (tertiary/aromatic N) is 3. The number of oxime groups is 1. The van der Waals surface area contributed by atoms with E-state index in [1.807, 2.05) is 20.8 Å². The van der Waals surface area contributed by atoms with Crippen molar-refractivity contribution in [3.63, 3.8) is 0 Å². The minimum absolute atomic E-state index is 0.319. The number of halogens is 1. The maximum Gasteiger partial charge on any atom is 0.231 e. The van der Waals surface area contributed by atoms with E-state index in [2.05, 4.69) is 15.1 Å². The molecular formula is C16H24FN3O. The minimum atomic E-state index is -0.559.